The molecule has 50 heavy (non-hydrogen) atoms. The Hall–Kier alpha value is -6.65. The van der Waals surface area contributed by atoms with E-state index in [0.29, 0.717) is 5.82 Å². The summed E-state index contributed by atoms with van der Waals surface area (Å²) in [5, 5.41) is 0. The van der Waals surface area contributed by atoms with Gasteiger partial charge in [-0.1, -0.05) is 140 Å². The van der Waals surface area contributed by atoms with E-state index < -0.39 is 5.41 Å². The maximum Gasteiger partial charge on any atom is 0.160 e. The molecule has 0 radical (unpaired) electrons. The van der Waals surface area contributed by atoms with Crippen molar-refractivity contribution in [3.63, 3.8) is 0 Å². The number of fused-ring (bicyclic) bond motifs is 9. The third-order valence-corrected chi connectivity index (χ3v) is 10.0. The van der Waals surface area contributed by atoms with Gasteiger partial charge >= 0.3 is 0 Å². The van der Waals surface area contributed by atoms with Gasteiger partial charge in [-0.3, -0.25) is 4.98 Å². The lowest BCUT2D eigenvalue weighted by Crippen LogP contribution is -2.32. The molecule has 8 aromatic rings. The number of hydrogen-bond donors (Lipinski definition) is 0. The van der Waals surface area contributed by atoms with Crippen LogP contribution < -0.4 is 4.74 Å². The molecule has 1 spiro atoms. The summed E-state index contributed by atoms with van der Waals surface area (Å²) in [6.07, 6.45) is 1.87. The first-order valence-corrected chi connectivity index (χ1v) is 16.9. The van der Waals surface area contributed by atoms with Gasteiger partial charge in [0.05, 0.1) is 22.5 Å². The van der Waals surface area contributed by atoms with Crippen LogP contribution in [0.25, 0.3) is 56.3 Å². The smallest absolute Gasteiger partial charge is 0.160 e. The first-order chi connectivity index (χ1) is 24.8. The highest BCUT2D eigenvalue weighted by atomic mass is 16.5. The van der Waals surface area contributed by atoms with Crippen molar-refractivity contribution in [2.75, 3.05) is 0 Å². The lowest BCUT2D eigenvalue weighted by molar-refractivity contribution is 0.436. The van der Waals surface area contributed by atoms with Crippen LogP contribution in [0.4, 0.5) is 0 Å². The highest BCUT2D eigenvalue weighted by Crippen LogP contribution is 2.64. The first-order valence-electron chi connectivity index (χ1n) is 16.9. The van der Waals surface area contributed by atoms with Crippen LogP contribution >= 0.6 is 0 Å². The summed E-state index contributed by atoms with van der Waals surface area (Å²) >= 11 is 0. The summed E-state index contributed by atoms with van der Waals surface area (Å²) in [5.74, 6) is 2.41. The molecule has 2 aromatic heterocycles. The average Bonchev–Trinajstić information content (AvgIpc) is 3.50. The molecule has 3 heterocycles. The lowest BCUT2D eigenvalue weighted by atomic mass is 9.66. The second-order valence-electron chi connectivity index (χ2n) is 12.7. The Morgan fingerprint density at radius 2 is 0.920 bits per heavy atom. The minimum atomic E-state index is -0.631. The molecule has 0 saturated carbocycles. The number of aromatic nitrogens is 3. The van der Waals surface area contributed by atoms with Gasteiger partial charge in [0.15, 0.2) is 5.82 Å². The van der Waals surface area contributed by atoms with Crippen LogP contribution in [-0.4, -0.2) is 15.0 Å². The zero-order valence-electron chi connectivity index (χ0n) is 27.0. The third kappa shape index (κ3) is 4.15. The van der Waals surface area contributed by atoms with Gasteiger partial charge in [0, 0.05) is 39.6 Å². The number of rotatable bonds is 4. The highest BCUT2D eigenvalue weighted by molar-refractivity contribution is 6.01. The van der Waals surface area contributed by atoms with Gasteiger partial charge < -0.3 is 4.74 Å². The van der Waals surface area contributed by atoms with Crippen LogP contribution in [0.15, 0.2) is 176 Å². The van der Waals surface area contributed by atoms with E-state index in [2.05, 4.69) is 140 Å². The Labute approximate surface area is 290 Å². The lowest BCUT2D eigenvalue weighted by Gasteiger charge is -2.39. The van der Waals surface area contributed by atoms with Crippen molar-refractivity contribution in [3.8, 4) is 67.8 Å². The van der Waals surface area contributed by atoms with Crippen LogP contribution in [0.1, 0.15) is 22.3 Å². The normalized spacial score (nSPS) is 13.1. The van der Waals surface area contributed by atoms with Crippen LogP contribution in [0.2, 0.25) is 0 Å². The van der Waals surface area contributed by atoms with Gasteiger partial charge in [-0.25, -0.2) is 9.97 Å². The Morgan fingerprint density at radius 3 is 1.54 bits per heavy atom. The third-order valence-electron chi connectivity index (χ3n) is 10.0. The second kappa shape index (κ2) is 11.2. The fourth-order valence-corrected chi connectivity index (χ4v) is 8.00. The summed E-state index contributed by atoms with van der Waals surface area (Å²) in [4.78, 5) is 15.3. The molecule has 4 nitrogen and oxygen atoms in total. The zero-order valence-corrected chi connectivity index (χ0v) is 27.0. The first kappa shape index (κ1) is 28.4. The SMILES string of the molecule is c1ccc(-c2cc(-c3cccc4c3-c3c(-c5ccccn5)cccc3C43c4ccccc4Oc4ccccc43)nc(-c3ccccc3)n2)cc1. The van der Waals surface area contributed by atoms with Crippen molar-refractivity contribution in [1.29, 1.82) is 0 Å². The standard InChI is InChI=1S/C46H29N3O/c1-3-15-30(16-4-1)39-29-40(49-45(48-39)31-17-5-2-6-18-31)33-20-14-24-37-44(33)43-32(38-25-11-12-28-47-38)19-13-23-36(43)46(37)34-21-7-9-26-41(34)50-42-27-10-8-22-35(42)46/h1-29H. The topological polar surface area (TPSA) is 47.9 Å². The minimum absolute atomic E-state index is 0.631. The van der Waals surface area contributed by atoms with E-state index in [0.717, 1.165) is 73.1 Å². The fraction of sp³-hybridized carbons (Fsp3) is 0.0217. The van der Waals surface area contributed by atoms with Gasteiger partial charge in [-0.2, -0.15) is 0 Å². The number of hydrogen-bond acceptors (Lipinski definition) is 4. The molecular formula is C46H29N3O. The average molecular weight is 640 g/mol. The fourth-order valence-electron chi connectivity index (χ4n) is 8.00. The number of para-hydroxylation sites is 2. The molecule has 234 valence electrons. The van der Waals surface area contributed by atoms with E-state index in [9.17, 15) is 0 Å². The number of ether oxygens (including phenoxy) is 1. The molecule has 0 N–H and O–H groups in total. The monoisotopic (exact) mass is 639 g/mol. The minimum Gasteiger partial charge on any atom is -0.457 e. The van der Waals surface area contributed by atoms with Crippen molar-refractivity contribution in [2.24, 2.45) is 0 Å². The van der Waals surface area contributed by atoms with E-state index in [1.54, 1.807) is 0 Å². The van der Waals surface area contributed by atoms with Gasteiger partial charge in [-0.05, 0) is 52.6 Å². The predicted octanol–water partition coefficient (Wildman–Crippen LogP) is 11.0. The van der Waals surface area contributed by atoms with E-state index in [1.807, 2.05) is 36.5 Å². The maximum absolute atomic E-state index is 6.62. The Morgan fingerprint density at radius 1 is 0.400 bits per heavy atom. The van der Waals surface area contributed by atoms with Crippen LogP contribution in [-0.2, 0) is 5.41 Å². The van der Waals surface area contributed by atoms with Crippen molar-refractivity contribution in [1.82, 2.24) is 15.0 Å². The largest absolute Gasteiger partial charge is 0.457 e. The molecule has 0 unspecified atom stereocenters. The molecular weight excluding hydrogens is 611 g/mol. The van der Waals surface area contributed by atoms with E-state index in [-0.39, 0.29) is 0 Å². The summed E-state index contributed by atoms with van der Waals surface area (Å²) in [7, 11) is 0. The van der Waals surface area contributed by atoms with Crippen molar-refractivity contribution >= 4 is 0 Å². The molecule has 0 amide bonds. The molecule has 0 atom stereocenters. The highest BCUT2D eigenvalue weighted by Gasteiger charge is 2.52. The number of nitrogens with zero attached hydrogens (tertiary/aromatic N) is 3. The second-order valence-corrected chi connectivity index (χ2v) is 12.7. The van der Waals surface area contributed by atoms with Crippen LogP contribution in [0.3, 0.4) is 0 Å². The van der Waals surface area contributed by atoms with Crippen molar-refractivity contribution < 1.29 is 4.74 Å². The quantitative estimate of drug-likeness (QED) is 0.192. The number of pyridine rings is 1. The Kier molecular flexibility index (Phi) is 6.36. The predicted molar refractivity (Wildman–Crippen MR) is 199 cm³/mol. The molecule has 4 heteroatoms. The van der Waals surface area contributed by atoms with Crippen molar-refractivity contribution in [3.05, 3.63) is 198 Å². The van der Waals surface area contributed by atoms with Gasteiger partial charge in [0.1, 0.15) is 11.5 Å². The molecule has 6 aromatic carbocycles. The van der Waals surface area contributed by atoms with Gasteiger partial charge in [-0.15, -0.1) is 0 Å². The Balaban J connectivity index is 1.34. The molecule has 10 rings (SSSR count). The van der Waals surface area contributed by atoms with Crippen LogP contribution in [0, 0.1) is 0 Å². The Bertz CT molecular complexity index is 2460. The summed E-state index contributed by atoms with van der Waals surface area (Å²) in [6, 6.07) is 59.1. The maximum atomic E-state index is 6.62. The molecule has 1 aliphatic heterocycles. The van der Waals surface area contributed by atoms with E-state index in [1.165, 1.54) is 11.1 Å². The summed E-state index contributed by atoms with van der Waals surface area (Å²) in [6.45, 7) is 0. The van der Waals surface area contributed by atoms with E-state index >= 15 is 0 Å². The number of benzene rings is 6. The molecule has 0 fully saturated rings. The summed E-state index contributed by atoms with van der Waals surface area (Å²) < 4.78 is 6.62. The van der Waals surface area contributed by atoms with Gasteiger partial charge in [0.25, 0.3) is 0 Å². The summed E-state index contributed by atoms with van der Waals surface area (Å²) in [5.41, 5.74) is 13.1. The molecule has 0 bridgehead atoms. The molecule has 2 aliphatic rings. The van der Waals surface area contributed by atoms with E-state index in [4.69, 9.17) is 19.7 Å². The zero-order chi connectivity index (χ0) is 33.1. The molecule has 1 aliphatic carbocycles. The van der Waals surface area contributed by atoms with Crippen molar-refractivity contribution in [2.45, 2.75) is 5.41 Å². The molecule has 0 saturated heterocycles. The van der Waals surface area contributed by atoms with Crippen LogP contribution in [0.5, 0.6) is 11.5 Å². The van der Waals surface area contributed by atoms with Gasteiger partial charge in [0.2, 0.25) is 0 Å².